The molecule has 0 N–H and O–H groups in total. The second-order valence-electron chi connectivity index (χ2n) is 2.87. The number of halogens is 1. The molecule has 0 aromatic carbocycles. The maximum absolute atomic E-state index is 11.5. The van der Waals surface area contributed by atoms with Gasteiger partial charge in [0.1, 0.15) is 0 Å². The van der Waals surface area contributed by atoms with Gasteiger partial charge in [-0.1, -0.05) is 25.5 Å². The number of carbonyl (C=O) groups is 1. The van der Waals surface area contributed by atoms with Gasteiger partial charge in [0.15, 0.2) is 0 Å². The van der Waals surface area contributed by atoms with Crippen LogP contribution in [0, 0.1) is 5.92 Å². The molecule has 0 spiro atoms. The fourth-order valence-electron chi connectivity index (χ4n) is 1.30. The second-order valence-corrected chi connectivity index (χ2v) is 4.23. The molecule has 0 saturated carbocycles. The van der Waals surface area contributed by atoms with Crippen molar-refractivity contribution in [3.63, 3.8) is 0 Å². The van der Waals surface area contributed by atoms with E-state index >= 15 is 0 Å². The molecule has 2 rings (SSSR count). The van der Waals surface area contributed by atoms with Gasteiger partial charge in [-0.15, -0.1) is 0 Å². The summed E-state index contributed by atoms with van der Waals surface area (Å²) in [5, 5.41) is 8.68. The minimum absolute atomic E-state index is 0.114. The van der Waals surface area contributed by atoms with Gasteiger partial charge in [0.25, 0.3) is 0 Å². The highest BCUT2D eigenvalue weighted by atomic mass is 79.9. The van der Waals surface area contributed by atoms with Crippen LogP contribution in [-0.4, -0.2) is 32.6 Å². The highest BCUT2D eigenvalue weighted by Gasteiger charge is 2.31. The lowest BCUT2D eigenvalue weighted by Gasteiger charge is -2.09. The molecule has 1 aromatic heterocycles. The molecule has 0 radical (unpaired) electrons. The third-order valence-electron chi connectivity index (χ3n) is 1.94. The zero-order chi connectivity index (χ0) is 9.26. The molecule has 70 valence electrons. The minimum Gasteiger partial charge on any atom is -0.285 e. The predicted molar refractivity (Wildman–Crippen MR) is 52.0 cm³/mol. The fourth-order valence-corrected chi connectivity index (χ4v) is 2.23. The van der Waals surface area contributed by atoms with Crippen molar-refractivity contribution in [1.29, 1.82) is 0 Å². The molecule has 1 atom stereocenters. The number of carbonyl (C=O) groups excluding carboxylic acids is 1. The predicted octanol–water partition coefficient (Wildman–Crippen LogP) is 0.681. The summed E-state index contributed by atoms with van der Waals surface area (Å²) in [6.45, 7) is 0.723. The van der Waals surface area contributed by atoms with Crippen LogP contribution in [0.15, 0.2) is 0 Å². The Bertz CT molecular complexity index is 304. The Hall–Kier alpha value is -0.560. The van der Waals surface area contributed by atoms with Crippen LogP contribution in [0.25, 0.3) is 0 Å². The Morgan fingerprint density at radius 1 is 1.69 bits per heavy atom. The number of nitrogens with zero attached hydrogens (tertiary/aromatic N) is 4. The Kier molecular flexibility index (Phi) is 2.54. The first-order valence-electron chi connectivity index (χ1n) is 3.82. The molecule has 1 aliphatic rings. The summed E-state index contributed by atoms with van der Waals surface area (Å²) in [6, 6.07) is 0. The van der Waals surface area contributed by atoms with Crippen LogP contribution in [0.1, 0.15) is 6.42 Å². The lowest BCUT2D eigenvalue weighted by molar-refractivity contribution is -0.117. The number of aromatic nitrogens is 3. The number of rotatable bonds is 2. The summed E-state index contributed by atoms with van der Waals surface area (Å²) in [5.41, 5.74) is 0. The number of hydrogen-bond donors (Lipinski definition) is 0. The first-order valence-corrected chi connectivity index (χ1v) is 5.72. The summed E-state index contributed by atoms with van der Waals surface area (Å²) in [4.78, 5) is 13.1. The molecule has 7 heteroatoms. The lowest BCUT2D eigenvalue weighted by atomic mass is 10.2. The molecule has 1 aliphatic heterocycles. The Morgan fingerprint density at radius 2 is 2.54 bits per heavy atom. The van der Waals surface area contributed by atoms with Gasteiger partial charge in [-0.05, 0) is 11.1 Å². The van der Waals surface area contributed by atoms with E-state index in [1.54, 1.807) is 4.90 Å². The van der Waals surface area contributed by atoms with Crippen LogP contribution >= 0.6 is 27.5 Å². The average molecular weight is 263 g/mol. The number of hydrogen-bond acceptors (Lipinski definition) is 5. The van der Waals surface area contributed by atoms with Crippen molar-refractivity contribution in [2.75, 3.05) is 16.8 Å². The van der Waals surface area contributed by atoms with E-state index in [0.29, 0.717) is 17.5 Å². The van der Waals surface area contributed by atoms with Gasteiger partial charge in [-0.3, -0.25) is 9.69 Å². The van der Waals surface area contributed by atoms with Crippen LogP contribution < -0.4 is 4.90 Å². The van der Waals surface area contributed by atoms with Gasteiger partial charge in [-0.2, -0.15) is 0 Å². The van der Waals surface area contributed by atoms with Gasteiger partial charge in [0.05, 0.1) is 0 Å². The van der Waals surface area contributed by atoms with Crippen LogP contribution in [0.2, 0.25) is 0 Å². The molecule has 1 aromatic rings. The van der Waals surface area contributed by atoms with Crippen molar-refractivity contribution < 1.29 is 4.79 Å². The lowest BCUT2D eigenvalue weighted by Crippen LogP contribution is -2.24. The third kappa shape index (κ3) is 1.71. The number of alkyl halides is 1. The van der Waals surface area contributed by atoms with Gasteiger partial charge < -0.3 is 0 Å². The summed E-state index contributed by atoms with van der Waals surface area (Å²) >= 11 is 4.52. The van der Waals surface area contributed by atoms with Crippen LogP contribution in [0.4, 0.5) is 5.13 Å². The van der Waals surface area contributed by atoms with Gasteiger partial charge in [0.2, 0.25) is 11.0 Å². The van der Waals surface area contributed by atoms with E-state index in [2.05, 4.69) is 30.7 Å². The normalized spacial score (nSPS) is 22.7. The highest BCUT2D eigenvalue weighted by Crippen LogP contribution is 2.25. The molecule has 5 nitrogen and oxygen atoms in total. The monoisotopic (exact) mass is 262 g/mol. The molecular weight excluding hydrogens is 256 g/mol. The van der Waals surface area contributed by atoms with Crippen molar-refractivity contribution in [3.8, 4) is 0 Å². The maximum atomic E-state index is 11.5. The van der Waals surface area contributed by atoms with Crippen molar-refractivity contribution in [1.82, 2.24) is 14.8 Å². The number of anilines is 1. The maximum Gasteiger partial charge on any atom is 0.234 e. The fraction of sp³-hybridized carbons (Fsp3) is 0.667. The third-order valence-corrected chi connectivity index (χ3v) is 3.48. The molecule has 0 bridgehead atoms. The summed E-state index contributed by atoms with van der Waals surface area (Å²) in [6.07, 6.45) is 0.588. The number of amides is 1. The van der Waals surface area contributed by atoms with E-state index in [4.69, 9.17) is 0 Å². The quantitative estimate of drug-likeness (QED) is 0.736. The Morgan fingerprint density at radius 3 is 3.08 bits per heavy atom. The SMILES string of the molecule is O=C1CC(CBr)CN1c1nnns1. The zero-order valence-electron chi connectivity index (χ0n) is 6.68. The summed E-state index contributed by atoms with van der Waals surface area (Å²) < 4.78 is 3.63. The van der Waals surface area contributed by atoms with E-state index in [0.717, 1.165) is 23.4 Å². The molecule has 0 aliphatic carbocycles. The van der Waals surface area contributed by atoms with E-state index in [9.17, 15) is 4.79 Å². The van der Waals surface area contributed by atoms with Crippen molar-refractivity contribution in [2.45, 2.75) is 6.42 Å². The smallest absolute Gasteiger partial charge is 0.234 e. The molecule has 1 unspecified atom stereocenters. The standard InChI is InChI=1S/C6H7BrN4OS/c7-2-4-1-5(12)11(3-4)6-8-9-10-13-6/h4H,1-3H2. The van der Waals surface area contributed by atoms with Crippen molar-refractivity contribution in [2.24, 2.45) is 5.92 Å². The molecule has 13 heavy (non-hydrogen) atoms. The van der Waals surface area contributed by atoms with Crippen molar-refractivity contribution in [3.05, 3.63) is 0 Å². The van der Waals surface area contributed by atoms with Gasteiger partial charge in [0, 0.05) is 29.8 Å². The topological polar surface area (TPSA) is 59.0 Å². The zero-order valence-corrected chi connectivity index (χ0v) is 9.08. The van der Waals surface area contributed by atoms with E-state index in [-0.39, 0.29) is 5.91 Å². The van der Waals surface area contributed by atoms with E-state index < -0.39 is 0 Å². The molecule has 1 fully saturated rings. The summed E-state index contributed by atoms with van der Waals surface area (Å²) in [5.74, 6) is 0.499. The van der Waals surface area contributed by atoms with Crippen LogP contribution in [0.3, 0.4) is 0 Å². The molecule has 2 heterocycles. The second kappa shape index (κ2) is 3.67. The van der Waals surface area contributed by atoms with Crippen LogP contribution in [0.5, 0.6) is 0 Å². The average Bonchev–Trinajstić information content (AvgIpc) is 2.72. The van der Waals surface area contributed by atoms with E-state index in [1.807, 2.05) is 0 Å². The Balaban J connectivity index is 2.14. The minimum atomic E-state index is 0.114. The van der Waals surface area contributed by atoms with Gasteiger partial charge >= 0.3 is 0 Å². The largest absolute Gasteiger partial charge is 0.285 e. The van der Waals surface area contributed by atoms with Crippen LogP contribution in [-0.2, 0) is 4.79 Å². The van der Waals surface area contributed by atoms with E-state index in [1.165, 1.54) is 0 Å². The highest BCUT2D eigenvalue weighted by molar-refractivity contribution is 9.09. The molecule has 1 amide bonds. The molecule has 1 saturated heterocycles. The van der Waals surface area contributed by atoms with Gasteiger partial charge in [-0.25, -0.2) is 0 Å². The first-order chi connectivity index (χ1) is 6.31. The summed E-state index contributed by atoms with van der Waals surface area (Å²) in [7, 11) is 0. The Labute approximate surface area is 87.4 Å². The first kappa shape index (κ1) is 9.01. The van der Waals surface area contributed by atoms with Crippen molar-refractivity contribution >= 4 is 38.5 Å². The molecular formula is C6H7BrN4OS.